The van der Waals surface area contributed by atoms with Gasteiger partial charge in [0.05, 0.1) is 0 Å². The predicted octanol–water partition coefficient (Wildman–Crippen LogP) is 2.90. The van der Waals surface area contributed by atoms with Crippen molar-refractivity contribution in [2.45, 2.75) is 30.1 Å². The average Bonchev–Trinajstić information content (AvgIpc) is 2.34. The molecule has 0 fully saturated rings. The molecule has 0 radical (unpaired) electrons. The number of aliphatic carboxylic acids is 1. The van der Waals surface area contributed by atoms with Gasteiger partial charge in [0.25, 0.3) is 0 Å². The fraction of sp³-hybridized carbons (Fsp3) is 0.417. The Balaban J connectivity index is 2.80. The van der Waals surface area contributed by atoms with Crippen LogP contribution in [-0.4, -0.2) is 29.0 Å². The summed E-state index contributed by atoms with van der Waals surface area (Å²) in [6, 6.07) is 6.87. The van der Waals surface area contributed by atoms with E-state index in [1.807, 2.05) is 6.26 Å². The van der Waals surface area contributed by atoms with Crippen molar-refractivity contribution in [2.75, 3.05) is 6.26 Å². The molecule has 0 aliphatic rings. The molecule has 0 amide bonds. The van der Waals surface area contributed by atoms with Crippen molar-refractivity contribution in [3.8, 4) is 0 Å². The van der Waals surface area contributed by atoms with Crippen LogP contribution < -0.4 is 5.32 Å². The van der Waals surface area contributed by atoms with E-state index in [1.165, 1.54) is 11.8 Å². The SMILES string of the molecule is CSc1ccc(CNC(C)(C(=O)O)C(F)(F)F)cc1. The summed E-state index contributed by atoms with van der Waals surface area (Å²) < 4.78 is 38.2. The van der Waals surface area contributed by atoms with Gasteiger partial charge >= 0.3 is 12.1 Å². The Morgan fingerprint density at radius 1 is 1.32 bits per heavy atom. The zero-order valence-corrected chi connectivity index (χ0v) is 11.2. The summed E-state index contributed by atoms with van der Waals surface area (Å²) in [5.41, 5.74) is -2.36. The van der Waals surface area contributed by atoms with Crippen molar-refractivity contribution >= 4 is 17.7 Å². The molecule has 2 N–H and O–H groups in total. The molecular weight excluding hydrogens is 279 g/mol. The highest BCUT2D eigenvalue weighted by molar-refractivity contribution is 7.98. The van der Waals surface area contributed by atoms with Crippen molar-refractivity contribution in [2.24, 2.45) is 0 Å². The van der Waals surface area contributed by atoms with Gasteiger partial charge < -0.3 is 5.11 Å². The van der Waals surface area contributed by atoms with Gasteiger partial charge in [-0.2, -0.15) is 13.2 Å². The van der Waals surface area contributed by atoms with Crippen molar-refractivity contribution < 1.29 is 23.1 Å². The normalized spacial score (nSPS) is 15.0. The molecule has 19 heavy (non-hydrogen) atoms. The maximum absolute atomic E-state index is 12.7. The fourth-order valence-electron chi connectivity index (χ4n) is 1.32. The molecular formula is C12H14F3NO2S. The highest BCUT2D eigenvalue weighted by Gasteiger charge is 2.57. The van der Waals surface area contributed by atoms with Crippen molar-refractivity contribution in [3.05, 3.63) is 29.8 Å². The monoisotopic (exact) mass is 293 g/mol. The molecule has 106 valence electrons. The molecule has 7 heteroatoms. The molecule has 0 aliphatic heterocycles. The minimum absolute atomic E-state index is 0.170. The molecule has 0 saturated carbocycles. The Kier molecular flexibility index (Phi) is 4.86. The molecule has 1 aromatic rings. The zero-order valence-electron chi connectivity index (χ0n) is 10.4. The smallest absolute Gasteiger partial charge is 0.417 e. The molecule has 0 bridgehead atoms. The molecule has 1 atom stereocenters. The number of nitrogens with one attached hydrogen (secondary N) is 1. The minimum atomic E-state index is -4.86. The van der Waals surface area contributed by atoms with E-state index in [-0.39, 0.29) is 6.54 Å². The van der Waals surface area contributed by atoms with Gasteiger partial charge in [0.15, 0.2) is 0 Å². The van der Waals surface area contributed by atoms with Gasteiger partial charge in [0.2, 0.25) is 5.54 Å². The highest BCUT2D eigenvalue weighted by atomic mass is 32.2. The third-order valence-corrected chi connectivity index (χ3v) is 3.54. The number of carboxylic acid groups (broad SMARTS) is 1. The van der Waals surface area contributed by atoms with Gasteiger partial charge in [-0.05, 0) is 30.9 Å². The molecule has 1 unspecified atom stereocenters. The molecule has 0 aliphatic carbocycles. The number of carboxylic acids is 1. The maximum atomic E-state index is 12.7. The Hall–Kier alpha value is -1.21. The van der Waals surface area contributed by atoms with Gasteiger partial charge in [0, 0.05) is 11.4 Å². The van der Waals surface area contributed by atoms with Crippen LogP contribution in [0.25, 0.3) is 0 Å². The molecule has 0 saturated heterocycles. The summed E-state index contributed by atoms with van der Waals surface area (Å²) in [6.45, 7) is 0.447. The lowest BCUT2D eigenvalue weighted by molar-refractivity contribution is -0.206. The second-order valence-electron chi connectivity index (χ2n) is 4.13. The Bertz CT molecular complexity index is 447. The number of benzene rings is 1. The zero-order chi connectivity index (χ0) is 14.7. The standard InChI is InChI=1S/C12H14F3NO2S/c1-11(10(17)18,12(13,14)15)16-7-8-3-5-9(19-2)6-4-8/h3-6,16H,7H2,1-2H3,(H,17,18). The second kappa shape index (κ2) is 5.83. The summed E-state index contributed by atoms with van der Waals surface area (Å²) in [6.07, 6.45) is -2.98. The number of alkyl halides is 3. The fourth-order valence-corrected chi connectivity index (χ4v) is 1.73. The summed E-state index contributed by atoms with van der Waals surface area (Å²) in [5, 5.41) is 10.8. The Morgan fingerprint density at radius 2 is 1.84 bits per heavy atom. The van der Waals surface area contributed by atoms with Crippen molar-refractivity contribution in [3.63, 3.8) is 0 Å². The van der Waals surface area contributed by atoms with Gasteiger partial charge in [-0.15, -0.1) is 11.8 Å². The first-order chi connectivity index (χ1) is 8.70. The Labute approximate surface area is 113 Å². The summed E-state index contributed by atoms with van der Waals surface area (Å²) >= 11 is 1.52. The van der Waals surface area contributed by atoms with E-state index in [1.54, 1.807) is 24.3 Å². The van der Waals surface area contributed by atoms with Crippen LogP contribution in [0.2, 0.25) is 0 Å². The number of carbonyl (C=O) groups is 1. The number of halogens is 3. The number of hydrogen-bond acceptors (Lipinski definition) is 3. The Morgan fingerprint density at radius 3 is 2.21 bits per heavy atom. The number of thioether (sulfide) groups is 1. The van der Waals surface area contributed by atoms with Crippen LogP contribution in [0.15, 0.2) is 29.2 Å². The third-order valence-electron chi connectivity index (χ3n) is 2.80. The first kappa shape index (κ1) is 15.8. The van der Waals surface area contributed by atoms with Crippen LogP contribution in [-0.2, 0) is 11.3 Å². The van der Waals surface area contributed by atoms with Crippen molar-refractivity contribution in [1.29, 1.82) is 0 Å². The largest absolute Gasteiger partial charge is 0.480 e. The quantitative estimate of drug-likeness (QED) is 0.820. The topological polar surface area (TPSA) is 49.3 Å². The van der Waals surface area contributed by atoms with E-state index in [4.69, 9.17) is 5.11 Å². The molecule has 0 spiro atoms. The average molecular weight is 293 g/mol. The maximum Gasteiger partial charge on any atom is 0.417 e. The van der Waals surface area contributed by atoms with Crippen LogP contribution in [0.3, 0.4) is 0 Å². The first-order valence-electron chi connectivity index (χ1n) is 5.39. The van der Waals surface area contributed by atoms with E-state index in [2.05, 4.69) is 5.32 Å². The van der Waals surface area contributed by atoms with Gasteiger partial charge in [-0.3, -0.25) is 5.32 Å². The lowest BCUT2D eigenvalue weighted by atomic mass is 10.0. The van der Waals surface area contributed by atoms with E-state index in [0.717, 1.165) is 4.90 Å². The summed E-state index contributed by atoms with van der Waals surface area (Å²) in [7, 11) is 0. The van der Waals surface area contributed by atoms with Crippen molar-refractivity contribution in [1.82, 2.24) is 5.32 Å². The van der Waals surface area contributed by atoms with Gasteiger partial charge in [0.1, 0.15) is 0 Å². The van der Waals surface area contributed by atoms with Crippen LogP contribution in [0.1, 0.15) is 12.5 Å². The van der Waals surface area contributed by atoms with E-state index in [0.29, 0.717) is 12.5 Å². The van der Waals surface area contributed by atoms with Crippen LogP contribution in [0.5, 0.6) is 0 Å². The van der Waals surface area contributed by atoms with Gasteiger partial charge in [-0.25, -0.2) is 4.79 Å². The van der Waals surface area contributed by atoms with Crippen LogP contribution in [0.4, 0.5) is 13.2 Å². The summed E-state index contributed by atoms with van der Waals surface area (Å²) in [4.78, 5) is 11.8. The molecule has 1 rings (SSSR count). The summed E-state index contributed by atoms with van der Waals surface area (Å²) in [5.74, 6) is -1.94. The third kappa shape index (κ3) is 3.63. The van der Waals surface area contributed by atoms with Crippen LogP contribution in [0, 0.1) is 0 Å². The van der Waals surface area contributed by atoms with E-state index in [9.17, 15) is 18.0 Å². The van der Waals surface area contributed by atoms with Gasteiger partial charge in [-0.1, -0.05) is 12.1 Å². The van der Waals surface area contributed by atoms with E-state index < -0.39 is 17.7 Å². The van der Waals surface area contributed by atoms with E-state index >= 15 is 0 Å². The molecule has 0 heterocycles. The molecule has 3 nitrogen and oxygen atoms in total. The lowest BCUT2D eigenvalue weighted by Crippen LogP contribution is -2.59. The van der Waals surface area contributed by atoms with Crippen LogP contribution >= 0.6 is 11.8 Å². The first-order valence-corrected chi connectivity index (χ1v) is 6.61. The lowest BCUT2D eigenvalue weighted by Gasteiger charge is -2.28. The predicted molar refractivity (Wildman–Crippen MR) is 67.2 cm³/mol. The number of rotatable bonds is 5. The minimum Gasteiger partial charge on any atom is -0.480 e. The molecule has 1 aromatic carbocycles. The number of hydrogen-bond donors (Lipinski definition) is 2. The highest BCUT2D eigenvalue weighted by Crippen LogP contribution is 2.30. The second-order valence-corrected chi connectivity index (χ2v) is 5.01. The molecule has 0 aromatic heterocycles.